The molecule has 33 heavy (non-hydrogen) atoms. The maximum Gasteiger partial charge on any atom is 0.281 e. The number of fused-ring (bicyclic) bond motifs is 4. The predicted molar refractivity (Wildman–Crippen MR) is 123 cm³/mol. The molecule has 0 saturated heterocycles. The summed E-state index contributed by atoms with van der Waals surface area (Å²) in [4.78, 5) is 42.3. The van der Waals surface area contributed by atoms with Gasteiger partial charge in [0.1, 0.15) is 0 Å². The van der Waals surface area contributed by atoms with Crippen LogP contribution in [0.25, 0.3) is 39.1 Å². The Morgan fingerprint density at radius 3 is 2.18 bits per heavy atom. The first-order valence-corrected chi connectivity index (χ1v) is 10.2. The van der Waals surface area contributed by atoms with Crippen molar-refractivity contribution in [3.05, 3.63) is 110 Å². The molecule has 0 atom stereocenters. The van der Waals surface area contributed by atoms with Crippen molar-refractivity contribution >= 4 is 22.5 Å². The molecule has 0 fully saturated rings. The first kappa shape index (κ1) is 18.9. The Bertz CT molecular complexity index is 1670. The molecule has 1 N–H and O–H groups in total. The van der Waals surface area contributed by atoms with Gasteiger partial charge in [0.25, 0.3) is 11.2 Å². The molecule has 5 aromatic rings. The summed E-state index contributed by atoms with van der Waals surface area (Å²) in [6, 6.07) is 22.1. The number of nitro benzene ring substituents is 1. The smallest absolute Gasteiger partial charge is 0.281 e. The molecule has 1 aliphatic carbocycles. The Morgan fingerprint density at radius 2 is 1.48 bits per heavy atom. The number of benzene rings is 3. The molecule has 1 aliphatic rings. The van der Waals surface area contributed by atoms with Crippen molar-refractivity contribution in [2.75, 3.05) is 0 Å². The number of H-pyrrole nitrogens is 1. The summed E-state index contributed by atoms with van der Waals surface area (Å²) in [6.07, 6.45) is 0. The van der Waals surface area contributed by atoms with Gasteiger partial charge in [-0.3, -0.25) is 24.8 Å². The molecular formula is C25H14N4O4. The van der Waals surface area contributed by atoms with Crippen LogP contribution in [0.15, 0.2) is 83.7 Å². The van der Waals surface area contributed by atoms with E-state index in [4.69, 9.17) is 0 Å². The third-order valence-corrected chi connectivity index (χ3v) is 5.87. The van der Waals surface area contributed by atoms with Gasteiger partial charge in [-0.2, -0.15) is 0 Å². The number of nitrogens with zero attached hydrogens (tertiary/aromatic N) is 3. The van der Waals surface area contributed by atoms with Crippen molar-refractivity contribution in [2.24, 2.45) is 0 Å². The minimum atomic E-state index is -0.490. The monoisotopic (exact) mass is 434 g/mol. The molecule has 0 spiro atoms. The van der Waals surface area contributed by atoms with Gasteiger partial charge in [-0.15, -0.1) is 0 Å². The molecule has 0 saturated carbocycles. The molecule has 0 unspecified atom stereocenters. The highest BCUT2D eigenvalue weighted by molar-refractivity contribution is 6.26. The summed E-state index contributed by atoms with van der Waals surface area (Å²) in [5.74, 6) is -0.227. The number of pyridine rings is 1. The molecule has 2 aromatic heterocycles. The molecule has 2 heterocycles. The first-order valence-electron chi connectivity index (χ1n) is 10.2. The van der Waals surface area contributed by atoms with Crippen LogP contribution in [0.2, 0.25) is 0 Å². The van der Waals surface area contributed by atoms with Crippen molar-refractivity contribution in [1.29, 1.82) is 0 Å². The third-order valence-electron chi connectivity index (χ3n) is 5.87. The van der Waals surface area contributed by atoms with Crippen molar-refractivity contribution in [3.63, 3.8) is 0 Å². The number of hydrogen-bond donors (Lipinski definition) is 1. The first-order chi connectivity index (χ1) is 16.0. The molecule has 8 heteroatoms. The second kappa shape index (κ2) is 6.83. The second-order valence-electron chi connectivity index (χ2n) is 7.70. The van der Waals surface area contributed by atoms with E-state index in [-0.39, 0.29) is 22.4 Å². The minimum absolute atomic E-state index is 0.0777. The molecule has 158 valence electrons. The van der Waals surface area contributed by atoms with E-state index in [9.17, 15) is 19.7 Å². The summed E-state index contributed by atoms with van der Waals surface area (Å²) in [7, 11) is 0. The van der Waals surface area contributed by atoms with E-state index in [0.717, 1.165) is 0 Å². The largest absolute Gasteiger partial charge is 0.288 e. The number of rotatable bonds is 3. The van der Waals surface area contributed by atoms with E-state index >= 15 is 0 Å². The summed E-state index contributed by atoms with van der Waals surface area (Å²) < 4.78 is 1.39. The van der Waals surface area contributed by atoms with Gasteiger partial charge in [-0.05, 0) is 29.8 Å². The number of carbonyl (C=O) groups excluding carboxylic acids is 1. The fourth-order valence-electron chi connectivity index (χ4n) is 4.38. The van der Waals surface area contributed by atoms with E-state index in [0.29, 0.717) is 44.8 Å². The molecule has 0 aliphatic heterocycles. The highest BCUT2D eigenvalue weighted by atomic mass is 16.6. The highest BCUT2D eigenvalue weighted by Crippen LogP contribution is 2.43. The van der Waals surface area contributed by atoms with Crippen molar-refractivity contribution in [3.8, 4) is 28.1 Å². The van der Waals surface area contributed by atoms with E-state index in [1.54, 1.807) is 36.4 Å². The van der Waals surface area contributed by atoms with Gasteiger partial charge < -0.3 is 0 Å². The molecule has 0 bridgehead atoms. The maximum atomic E-state index is 13.5. The minimum Gasteiger partial charge on any atom is -0.288 e. The SMILES string of the molecule is O=C1c2ccccc2-c2nc3[nH]n(-c4ccccc4)c(=O)c3c(-c3ccc([N+](=O)[O-])cc3)c21. The molecule has 6 rings (SSSR count). The molecule has 8 nitrogen and oxygen atoms in total. The van der Waals surface area contributed by atoms with Crippen LogP contribution in [-0.4, -0.2) is 25.5 Å². The fourth-order valence-corrected chi connectivity index (χ4v) is 4.38. The van der Waals surface area contributed by atoms with Crippen molar-refractivity contribution < 1.29 is 9.72 Å². The normalized spacial score (nSPS) is 12.1. The molecule has 0 radical (unpaired) electrons. The predicted octanol–water partition coefficient (Wildman–Crippen LogP) is 4.50. The average molecular weight is 434 g/mol. The Labute approximate surface area is 185 Å². The van der Waals surface area contributed by atoms with E-state index in [2.05, 4.69) is 10.1 Å². The quantitative estimate of drug-likeness (QED) is 0.326. The van der Waals surface area contributed by atoms with Crippen molar-refractivity contribution in [2.45, 2.75) is 0 Å². The summed E-state index contributed by atoms with van der Waals surface area (Å²) in [5.41, 5.74) is 3.49. The fraction of sp³-hybridized carbons (Fsp3) is 0. The van der Waals surface area contributed by atoms with Crippen LogP contribution in [0.1, 0.15) is 15.9 Å². The van der Waals surface area contributed by atoms with Gasteiger partial charge in [0.05, 0.1) is 27.3 Å². The lowest BCUT2D eigenvalue weighted by molar-refractivity contribution is -0.384. The van der Waals surface area contributed by atoms with Crippen molar-refractivity contribution in [1.82, 2.24) is 14.8 Å². The summed E-state index contributed by atoms with van der Waals surface area (Å²) >= 11 is 0. The lowest BCUT2D eigenvalue weighted by atomic mass is 9.95. The number of aromatic amines is 1. The highest BCUT2D eigenvalue weighted by Gasteiger charge is 2.34. The second-order valence-corrected chi connectivity index (χ2v) is 7.70. The van der Waals surface area contributed by atoms with Crippen LogP contribution in [0, 0.1) is 10.1 Å². The van der Waals surface area contributed by atoms with E-state index in [1.807, 2.05) is 30.3 Å². The zero-order valence-electron chi connectivity index (χ0n) is 17.0. The van der Waals surface area contributed by atoms with Crippen LogP contribution in [0.4, 0.5) is 5.69 Å². The molecule has 0 amide bonds. The zero-order chi connectivity index (χ0) is 22.7. The number of non-ortho nitro benzene ring substituents is 1. The third kappa shape index (κ3) is 2.67. The van der Waals surface area contributed by atoms with Gasteiger partial charge in [0.2, 0.25) is 0 Å². The number of nitrogens with one attached hydrogen (secondary N) is 1. The Morgan fingerprint density at radius 1 is 0.818 bits per heavy atom. The Hall–Kier alpha value is -4.85. The molecular weight excluding hydrogens is 420 g/mol. The topological polar surface area (TPSA) is 111 Å². The van der Waals surface area contributed by atoms with Gasteiger partial charge in [0, 0.05) is 28.8 Å². The number of ketones is 1. The number of aromatic nitrogens is 3. The van der Waals surface area contributed by atoms with Crippen LogP contribution in [0.3, 0.4) is 0 Å². The van der Waals surface area contributed by atoms with Gasteiger partial charge >= 0.3 is 0 Å². The van der Waals surface area contributed by atoms with E-state index < -0.39 is 4.92 Å². The lowest BCUT2D eigenvalue weighted by Crippen LogP contribution is -2.15. The van der Waals surface area contributed by atoms with E-state index in [1.165, 1.54) is 16.8 Å². The number of para-hydroxylation sites is 1. The van der Waals surface area contributed by atoms with Crippen LogP contribution >= 0.6 is 0 Å². The standard InChI is InChI=1S/C25H14N4O4/c30-23-18-9-5-4-8-17(18)22-20(23)19(14-10-12-16(13-11-14)29(32)33)21-24(26-22)27-28(25(21)31)15-6-2-1-3-7-15/h1-13H,(H,26,27). The number of hydrogen-bond acceptors (Lipinski definition) is 5. The number of carbonyl (C=O) groups is 1. The summed E-state index contributed by atoms with van der Waals surface area (Å²) in [6.45, 7) is 0. The lowest BCUT2D eigenvalue weighted by Gasteiger charge is -2.09. The summed E-state index contributed by atoms with van der Waals surface area (Å²) in [5, 5.41) is 14.5. The Balaban J connectivity index is 1.73. The van der Waals surface area contributed by atoms with Gasteiger partial charge in [-0.25, -0.2) is 9.67 Å². The van der Waals surface area contributed by atoms with Crippen LogP contribution in [0.5, 0.6) is 0 Å². The molecule has 3 aromatic carbocycles. The van der Waals surface area contributed by atoms with Gasteiger partial charge in [-0.1, -0.05) is 42.5 Å². The van der Waals surface area contributed by atoms with Crippen LogP contribution < -0.4 is 5.56 Å². The average Bonchev–Trinajstić information content (AvgIpc) is 3.33. The van der Waals surface area contributed by atoms with Crippen LogP contribution in [-0.2, 0) is 0 Å². The number of nitro groups is 1. The Kier molecular flexibility index (Phi) is 3.91. The zero-order valence-corrected chi connectivity index (χ0v) is 17.0. The maximum absolute atomic E-state index is 13.5. The van der Waals surface area contributed by atoms with Gasteiger partial charge in [0.15, 0.2) is 11.4 Å².